The highest BCUT2D eigenvalue weighted by atomic mass is 79.9. The summed E-state index contributed by atoms with van der Waals surface area (Å²) in [6.45, 7) is 4.87. The van der Waals surface area contributed by atoms with Crippen molar-refractivity contribution in [3.63, 3.8) is 0 Å². The number of benzene rings is 1. The van der Waals surface area contributed by atoms with Crippen LogP contribution in [0.1, 0.15) is 30.6 Å². The van der Waals surface area contributed by atoms with Gasteiger partial charge in [-0.05, 0) is 48.4 Å². The van der Waals surface area contributed by atoms with Crippen molar-refractivity contribution in [2.75, 3.05) is 13.1 Å². The average molecular weight is 349 g/mol. The van der Waals surface area contributed by atoms with Gasteiger partial charge in [0.05, 0.1) is 6.10 Å². The topological polar surface area (TPSA) is 36.4 Å². The molecular formula is C17H21BrN2O. The van der Waals surface area contributed by atoms with Gasteiger partial charge in [0.1, 0.15) is 0 Å². The van der Waals surface area contributed by atoms with Gasteiger partial charge in [-0.3, -0.25) is 9.88 Å². The fourth-order valence-corrected chi connectivity index (χ4v) is 2.70. The van der Waals surface area contributed by atoms with E-state index in [0.29, 0.717) is 0 Å². The van der Waals surface area contributed by atoms with Crippen molar-refractivity contribution in [2.45, 2.75) is 26.0 Å². The van der Waals surface area contributed by atoms with Gasteiger partial charge in [0, 0.05) is 30.0 Å². The highest BCUT2D eigenvalue weighted by molar-refractivity contribution is 9.10. The van der Waals surface area contributed by atoms with Crippen molar-refractivity contribution in [1.29, 1.82) is 0 Å². The van der Waals surface area contributed by atoms with E-state index in [-0.39, 0.29) is 0 Å². The first-order chi connectivity index (χ1) is 10.2. The molecule has 1 unspecified atom stereocenters. The lowest BCUT2D eigenvalue weighted by molar-refractivity contribution is 0.141. The summed E-state index contributed by atoms with van der Waals surface area (Å²) < 4.78 is 1.00. The predicted molar refractivity (Wildman–Crippen MR) is 88.9 cm³/mol. The first-order valence-electron chi connectivity index (χ1n) is 7.24. The van der Waals surface area contributed by atoms with Gasteiger partial charge in [-0.1, -0.05) is 35.0 Å². The van der Waals surface area contributed by atoms with Crippen molar-refractivity contribution < 1.29 is 5.11 Å². The zero-order valence-electron chi connectivity index (χ0n) is 12.2. The largest absolute Gasteiger partial charge is 0.388 e. The Hall–Kier alpha value is -1.23. The zero-order valence-corrected chi connectivity index (χ0v) is 13.8. The first-order valence-corrected chi connectivity index (χ1v) is 8.03. The van der Waals surface area contributed by atoms with Gasteiger partial charge in [-0.2, -0.15) is 0 Å². The van der Waals surface area contributed by atoms with Gasteiger partial charge in [0.2, 0.25) is 0 Å². The molecule has 1 heterocycles. The summed E-state index contributed by atoms with van der Waals surface area (Å²) >= 11 is 3.44. The molecule has 0 spiro atoms. The molecule has 1 atom stereocenters. The van der Waals surface area contributed by atoms with E-state index in [2.05, 4.69) is 32.7 Å². The maximum atomic E-state index is 10.3. The summed E-state index contributed by atoms with van der Waals surface area (Å²) in [5, 5.41) is 10.3. The molecule has 2 aromatic rings. The third kappa shape index (κ3) is 5.23. The molecule has 0 aliphatic rings. The van der Waals surface area contributed by atoms with Gasteiger partial charge in [0.15, 0.2) is 0 Å². The van der Waals surface area contributed by atoms with Crippen LogP contribution in [0.25, 0.3) is 0 Å². The van der Waals surface area contributed by atoms with E-state index in [9.17, 15) is 5.11 Å². The van der Waals surface area contributed by atoms with Crippen LogP contribution < -0.4 is 0 Å². The quantitative estimate of drug-likeness (QED) is 0.826. The third-order valence-corrected chi connectivity index (χ3v) is 4.05. The van der Waals surface area contributed by atoms with E-state index in [1.54, 1.807) is 0 Å². The molecule has 4 heteroatoms. The van der Waals surface area contributed by atoms with Crippen LogP contribution >= 0.6 is 15.9 Å². The Balaban J connectivity index is 1.88. The Bertz CT molecular complexity index is 547. The third-order valence-electron chi connectivity index (χ3n) is 3.55. The number of aliphatic hydroxyl groups excluding tert-OH is 1. The number of pyridine rings is 1. The molecule has 1 aromatic heterocycles. The molecule has 0 aliphatic carbocycles. The van der Waals surface area contributed by atoms with E-state index < -0.39 is 6.10 Å². The van der Waals surface area contributed by atoms with E-state index in [1.165, 1.54) is 5.56 Å². The van der Waals surface area contributed by atoms with Gasteiger partial charge in [0.25, 0.3) is 0 Å². The molecule has 0 saturated heterocycles. The monoisotopic (exact) mass is 348 g/mol. The molecule has 0 bridgehead atoms. The Morgan fingerprint density at radius 3 is 2.67 bits per heavy atom. The van der Waals surface area contributed by atoms with Crippen LogP contribution in [-0.2, 0) is 6.54 Å². The Morgan fingerprint density at radius 2 is 2.00 bits per heavy atom. The highest BCUT2D eigenvalue weighted by Crippen LogP contribution is 2.21. The standard InChI is InChI=1S/C17H21BrN2O/c1-2-20(13-14-6-9-19-10-7-14)11-8-17(21)15-4-3-5-16(18)12-15/h3-7,9-10,12,17,21H,2,8,11,13H2,1H3. The second-order valence-electron chi connectivity index (χ2n) is 5.08. The number of nitrogens with zero attached hydrogens (tertiary/aromatic N) is 2. The molecular weight excluding hydrogens is 328 g/mol. The summed E-state index contributed by atoms with van der Waals surface area (Å²) in [7, 11) is 0. The fourth-order valence-electron chi connectivity index (χ4n) is 2.28. The number of halogens is 1. The Morgan fingerprint density at radius 1 is 1.24 bits per heavy atom. The molecule has 1 aromatic carbocycles. The minimum atomic E-state index is -0.422. The maximum absolute atomic E-state index is 10.3. The lowest BCUT2D eigenvalue weighted by Crippen LogP contribution is -2.25. The van der Waals surface area contributed by atoms with Crippen molar-refractivity contribution in [3.8, 4) is 0 Å². The van der Waals surface area contributed by atoms with E-state index in [4.69, 9.17) is 0 Å². The molecule has 1 N–H and O–H groups in total. The van der Waals surface area contributed by atoms with Crippen LogP contribution in [0.4, 0.5) is 0 Å². The normalized spacial score (nSPS) is 12.6. The molecule has 0 aliphatic heterocycles. The van der Waals surface area contributed by atoms with Crippen molar-refractivity contribution >= 4 is 15.9 Å². The van der Waals surface area contributed by atoms with Gasteiger partial charge in [-0.15, -0.1) is 0 Å². The minimum absolute atomic E-state index is 0.422. The molecule has 2 rings (SSSR count). The van der Waals surface area contributed by atoms with Crippen LogP contribution in [0.15, 0.2) is 53.3 Å². The van der Waals surface area contributed by atoms with E-state index in [1.807, 2.05) is 48.8 Å². The number of hydrogen-bond donors (Lipinski definition) is 1. The van der Waals surface area contributed by atoms with Crippen LogP contribution in [0, 0.1) is 0 Å². The number of aromatic nitrogens is 1. The Labute approximate surface area is 134 Å². The second-order valence-corrected chi connectivity index (χ2v) is 6.00. The molecule has 0 saturated carbocycles. The fraction of sp³-hybridized carbons (Fsp3) is 0.353. The van der Waals surface area contributed by atoms with Crippen molar-refractivity contribution in [3.05, 3.63) is 64.4 Å². The van der Waals surface area contributed by atoms with Crippen LogP contribution in [0.5, 0.6) is 0 Å². The number of rotatable bonds is 7. The molecule has 0 radical (unpaired) electrons. The summed E-state index contributed by atoms with van der Waals surface area (Å²) in [6, 6.07) is 11.9. The van der Waals surface area contributed by atoms with Gasteiger partial charge >= 0.3 is 0 Å². The SMILES string of the molecule is CCN(CCC(O)c1cccc(Br)c1)Cc1ccncc1. The molecule has 0 amide bonds. The summed E-state index contributed by atoms with van der Waals surface area (Å²) in [5.41, 5.74) is 2.22. The van der Waals surface area contributed by atoms with E-state index in [0.717, 1.165) is 36.1 Å². The van der Waals surface area contributed by atoms with Gasteiger partial charge in [-0.25, -0.2) is 0 Å². The predicted octanol–water partition coefficient (Wildman–Crippen LogP) is 3.79. The van der Waals surface area contributed by atoms with Gasteiger partial charge < -0.3 is 5.11 Å². The second kappa shape index (κ2) is 8.27. The van der Waals surface area contributed by atoms with E-state index >= 15 is 0 Å². The smallest absolute Gasteiger partial charge is 0.0802 e. The zero-order chi connectivity index (χ0) is 15.1. The summed E-state index contributed by atoms with van der Waals surface area (Å²) in [5.74, 6) is 0. The molecule has 112 valence electrons. The van der Waals surface area contributed by atoms with Crippen molar-refractivity contribution in [2.24, 2.45) is 0 Å². The van der Waals surface area contributed by atoms with Crippen molar-refractivity contribution in [1.82, 2.24) is 9.88 Å². The van der Waals surface area contributed by atoms with Crippen LogP contribution in [-0.4, -0.2) is 28.1 Å². The molecule has 0 fully saturated rings. The van der Waals surface area contributed by atoms with Crippen LogP contribution in [0.3, 0.4) is 0 Å². The maximum Gasteiger partial charge on any atom is 0.0802 e. The highest BCUT2D eigenvalue weighted by Gasteiger charge is 2.11. The molecule has 3 nitrogen and oxygen atoms in total. The first kappa shape index (κ1) is 16.1. The average Bonchev–Trinajstić information content (AvgIpc) is 2.52. The summed E-state index contributed by atoms with van der Waals surface area (Å²) in [6.07, 6.45) is 3.95. The Kier molecular flexibility index (Phi) is 6.36. The lowest BCUT2D eigenvalue weighted by atomic mass is 10.1. The van der Waals surface area contributed by atoms with Crippen LogP contribution in [0.2, 0.25) is 0 Å². The lowest BCUT2D eigenvalue weighted by Gasteiger charge is -2.22. The minimum Gasteiger partial charge on any atom is -0.388 e. The number of aliphatic hydroxyl groups is 1. The molecule has 21 heavy (non-hydrogen) atoms. The summed E-state index contributed by atoms with van der Waals surface area (Å²) in [4.78, 5) is 6.37. The number of hydrogen-bond acceptors (Lipinski definition) is 3.